The van der Waals surface area contributed by atoms with Crippen LogP contribution in [0.4, 0.5) is 8.78 Å². The number of aryl methyl sites for hydroxylation is 1. The minimum atomic E-state index is -1.10. The van der Waals surface area contributed by atoms with Crippen LogP contribution in [-0.4, -0.2) is 39.5 Å². The van der Waals surface area contributed by atoms with Crippen molar-refractivity contribution in [3.8, 4) is 0 Å². The van der Waals surface area contributed by atoms with Crippen LogP contribution in [0.2, 0.25) is 0 Å². The Bertz CT molecular complexity index is 1010. The van der Waals surface area contributed by atoms with Crippen LogP contribution >= 0.6 is 0 Å². The SMILES string of the molecule is Cc1n[nH]c2c1C(C(=O)NC(C)C)=CN(C(=O)c1ccc(F)c(F)c1)CC2(C)C. The maximum Gasteiger partial charge on any atom is 0.257 e. The predicted molar refractivity (Wildman–Crippen MR) is 105 cm³/mol. The number of amides is 2. The number of hydrogen-bond donors (Lipinski definition) is 2. The van der Waals surface area contributed by atoms with E-state index >= 15 is 0 Å². The molecule has 1 aliphatic heterocycles. The molecule has 0 fully saturated rings. The summed E-state index contributed by atoms with van der Waals surface area (Å²) in [7, 11) is 0. The summed E-state index contributed by atoms with van der Waals surface area (Å²) < 4.78 is 27.0. The van der Waals surface area contributed by atoms with Gasteiger partial charge in [0.15, 0.2) is 11.6 Å². The summed E-state index contributed by atoms with van der Waals surface area (Å²) in [5, 5.41) is 10.1. The summed E-state index contributed by atoms with van der Waals surface area (Å²) >= 11 is 0. The normalized spacial score (nSPS) is 15.6. The van der Waals surface area contributed by atoms with E-state index in [0.29, 0.717) is 16.8 Å². The van der Waals surface area contributed by atoms with Gasteiger partial charge in [-0.3, -0.25) is 14.7 Å². The van der Waals surface area contributed by atoms with Gasteiger partial charge in [0.05, 0.1) is 17.0 Å². The number of benzene rings is 1. The molecule has 154 valence electrons. The van der Waals surface area contributed by atoms with E-state index in [2.05, 4.69) is 15.5 Å². The summed E-state index contributed by atoms with van der Waals surface area (Å²) in [6, 6.07) is 2.90. The second-order valence-corrected chi connectivity index (χ2v) is 8.18. The largest absolute Gasteiger partial charge is 0.350 e. The van der Waals surface area contributed by atoms with Crippen LogP contribution < -0.4 is 5.32 Å². The number of halogens is 2. The molecule has 0 radical (unpaired) electrons. The van der Waals surface area contributed by atoms with Crippen LogP contribution in [0.1, 0.15) is 55.0 Å². The molecule has 0 spiro atoms. The van der Waals surface area contributed by atoms with Crippen LogP contribution in [0, 0.1) is 18.6 Å². The summed E-state index contributed by atoms with van der Waals surface area (Å²) in [4.78, 5) is 27.4. The van der Waals surface area contributed by atoms with E-state index in [1.54, 1.807) is 6.92 Å². The molecule has 0 saturated heterocycles. The third-order valence-corrected chi connectivity index (χ3v) is 4.84. The zero-order valence-electron chi connectivity index (χ0n) is 17.1. The zero-order valence-corrected chi connectivity index (χ0v) is 17.1. The Hall–Kier alpha value is -3.03. The zero-order chi connectivity index (χ0) is 21.5. The highest BCUT2D eigenvalue weighted by Gasteiger charge is 2.37. The Morgan fingerprint density at radius 3 is 2.55 bits per heavy atom. The Morgan fingerprint density at radius 2 is 1.93 bits per heavy atom. The van der Waals surface area contributed by atoms with Crippen molar-refractivity contribution in [1.82, 2.24) is 20.4 Å². The van der Waals surface area contributed by atoms with Crippen molar-refractivity contribution in [2.24, 2.45) is 0 Å². The number of rotatable bonds is 3. The summed E-state index contributed by atoms with van der Waals surface area (Å²) in [6.07, 6.45) is 1.47. The van der Waals surface area contributed by atoms with E-state index < -0.39 is 23.0 Å². The Labute approximate surface area is 168 Å². The van der Waals surface area contributed by atoms with Gasteiger partial charge in [-0.25, -0.2) is 8.78 Å². The van der Waals surface area contributed by atoms with E-state index in [-0.39, 0.29) is 24.1 Å². The fourth-order valence-corrected chi connectivity index (χ4v) is 3.46. The van der Waals surface area contributed by atoms with Gasteiger partial charge in [-0.05, 0) is 39.0 Å². The molecule has 2 heterocycles. The molecule has 1 aromatic heterocycles. The second-order valence-electron chi connectivity index (χ2n) is 8.18. The summed E-state index contributed by atoms with van der Waals surface area (Å²) in [5.41, 5.74) is 1.75. The van der Waals surface area contributed by atoms with Gasteiger partial charge in [0.1, 0.15) is 0 Å². The smallest absolute Gasteiger partial charge is 0.257 e. The summed E-state index contributed by atoms with van der Waals surface area (Å²) in [6.45, 7) is 9.53. The molecule has 6 nitrogen and oxygen atoms in total. The average Bonchev–Trinajstić information content (AvgIpc) is 2.96. The lowest BCUT2D eigenvalue weighted by atomic mass is 9.85. The number of nitrogens with one attached hydrogen (secondary N) is 2. The second kappa shape index (κ2) is 7.42. The van der Waals surface area contributed by atoms with E-state index in [4.69, 9.17) is 0 Å². The number of H-pyrrole nitrogens is 1. The van der Waals surface area contributed by atoms with Crippen LogP contribution in [-0.2, 0) is 10.2 Å². The number of carbonyl (C=O) groups excluding carboxylic acids is 2. The third kappa shape index (κ3) is 3.92. The molecule has 8 heteroatoms. The van der Waals surface area contributed by atoms with E-state index in [9.17, 15) is 18.4 Å². The highest BCUT2D eigenvalue weighted by atomic mass is 19.2. The maximum atomic E-state index is 13.7. The lowest BCUT2D eigenvalue weighted by Crippen LogP contribution is -2.37. The van der Waals surface area contributed by atoms with Crippen molar-refractivity contribution >= 4 is 17.4 Å². The molecule has 0 unspecified atom stereocenters. The van der Waals surface area contributed by atoms with Gasteiger partial charge in [0, 0.05) is 35.3 Å². The van der Waals surface area contributed by atoms with E-state index in [1.165, 1.54) is 17.2 Å². The van der Waals surface area contributed by atoms with Crippen LogP contribution in [0.5, 0.6) is 0 Å². The van der Waals surface area contributed by atoms with Crippen molar-refractivity contribution in [1.29, 1.82) is 0 Å². The van der Waals surface area contributed by atoms with Gasteiger partial charge in [0.2, 0.25) is 0 Å². The van der Waals surface area contributed by atoms with Crippen LogP contribution in [0.25, 0.3) is 5.57 Å². The Morgan fingerprint density at radius 1 is 1.24 bits per heavy atom. The van der Waals surface area contributed by atoms with Crippen molar-refractivity contribution in [3.05, 3.63) is 58.5 Å². The molecule has 0 bridgehead atoms. The minimum absolute atomic E-state index is 0.0000228. The number of fused-ring (bicyclic) bond motifs is 1. The Balaban J connectivity index is 2.12. The highest BCUT2D eigenvalue weighted by molar-refractivity contribution is 6.20. The fraction of sp³-hybridized carbons (Fsp3) is 0.381. The molecule has 0 saturated carbocycles. The molecule has 2 N–H and O–H groups in total. The van der Waals surface area contributed by atoms with Crippen molar-refractivity contribution in [3.63, 3.8) is 0 Å². The van der Waals surface area contributed by atoms with Crippen molar-refractivity contribution in [2.45, 2.75) is 46.1 Å². The van der Waals surface area contributed by atoms with Gasteiger partial charge < -0.3 is 10.2 Å². The molecule has 3 rings (SSSR count). The standard InChI is InChI=1S/C21H24F2N4O2/c1-11(2)24-19(28)14-9-27(20(29)13-6-7-15(22)16(23)8-13)10-21(4,5)18-17(14)12(3)25-26-18/h6-9,11H,10H2,1-5H3,(H,24,28)(H,25,26). The number of aromatic nitrogens is 2. The molecule has 2 amide bonds. The van der Waals surface area contributed by atoms with Gasteiger partial charge in [-0.2, -0.15) is 5.10 Å². The monoisotopic (exact) mass is 402 g/mol. The molecule has 1 aromatic carbocycles. The topological polar surface area (TPSA) is 78.1 Å². The summed E-state index contributed by atoms with van der Waals surface area (Å²) in [5.74, 6) is -2.99. The van der Waals surface area contributed by atoms with Gasteiger partial charge in [-0.15, -0.1) is 0 Å². The first-order valence-corrected chi connectivity index (χ1v) is 9.36. The number of hydrogen-bond acceptors (Lipinski definition) is 3. The predicted octanol–water partition coefficient (Wildman–Crippen LogP) is 3.30. The number of nitrogens with zero attached hydrogens (tertiary/aromatic N) is 2. The average molecular weight is 402 g/mol. The minimum Gasteiger partial charge on any atom is -0.350 e. The Kier molecular flexibility index (Phi) is 5.30. The van der Waals surface area contributed by atoms with Gasteiger partial charge in [-0.1, -0.05) is 13.8 Å². The molecular weight excluding hydrogens is 378 g/mol. The fourth-order valence-electron chi connectivity index (χ4n) is 3.46. The van der Waals surface area contributed by atoms with Crippen molar-refractivity contribution < 1.29 is 18.4 Å². The molecule has 1 aliphatic rings. The molecular formula is C21H24F2N4O2. The lowest BCUT2D eigenvalue weighted by molar-refractivity contribution is -0.116. The maximum absolute atomic E-state index is 13.7. The van der Waals surface area contributed by atoms with Gasteiger partial charge in [0.25, 0.3) is 11.8 Å². The van der Waals surface area contributed by atoms with Crippen LogP contribution in [0.15, 0.2) is 24.4 Å². The first kappa shape index (κ1) is 20.7. The number of carbonyl (C=O) groups is 2. The molecule has 0 aliphatic carbocycles. The first-order chi connectivity index (χ1) is 13.5. The first-order valence-electron chi connectivity index (χ1n) is 9.36. The number of aromatic amines is 1. The highest BCUT2D eigenvalue weighted by Crippen LogP contribution is 2.36. The van der Waals surface area contributed by atoms with Gasteiger partial charge >= 0.3 is 0 Å². The molecule has 0 atom stereocenters. The quantitative estimate of drug-likeness (QED) is 0.827. The van der Waals surface area contributed by atoms with E-state index in [0.717, 1.165) is 17.8 Å². The van der Waals surface area contributed by atoms with Crippen molar-refractivity contribution in [2.75, 3.05) is 6.54 Å². The van der Waals surface area contributed by atoms with E-state index in [1.807, 2.05) is 27.7 Å². The van der Waals surface area contributed by atoms with Crippen LogP contribution in [0.3, 0.4) is 0 Å². The molecule has 2 aromatic rings. The third-order valence-electron chi connectivity index (χ3n) is 4.84. The molecule has 29 heavy (non-hydrogen) atoms. The lowest BCUT2D eigenvalue weighted by Gasteiger charge is -2.28.